The molecule has 0 N–H and O–H groups in total. The first-order chi connectivity index (χ1) is 5.57. The molecule has 1 heteroatoms. The monoisotopic (exact) mass is 170 g/mol. The van der Waals surface area contributed by atoms with Gasteiger partial charge in [-0.3, -0.25) is 0 Å². The zero-order valence-electron chi connectivity index (χ0n) is 9.14. The average molecular weight is 170 g/mol. The molecule has 1 aliphatic rings. The van der Waals surface area contributed by atoms with Crippen molar-refractivity contribution >= 4 is 0 Å². The lowest BCUT2D eigenvalue weighted by atomic mass is 9.85. The smallest absolute Gasteiger partial charge is 0.0811 e. The van der Waals surface area contributed by atoms with Crippen LogP contribution in [0.1, 0.15) is 33.1 Å². The van der Waals surface area contributed by atoms with E-state index in [0.717, 1.165) is 11.8 Å². The van der Waals surface area contributed by atoms with Crippen molar-refractivity contribution < 1.29 is 4.48 Å². The van der Waals surface area contributed by atoms with Crippen molar-refractivity contribution in [1.82, 2.24) is 0 Å². The van der Waals surface area contributed by atoms with Crippen molar-refractivity contribution in [3.05, 3.63) is 0 Å². The maximum Gasteiger partial charge on any atom is 0.0811 e. The van der Waals surface area contributed by atoms with Crippen LogP contribution in [0.3, 0.4) is 0 Å². The fourth-order valence-electron chi connectivity index (χ4n) is 2.68. The van der Waals surface area contributed by atoms with E-state index in [-0.39, 0.29) is 0 Å². The molecule has 12 heavy (non-hydrogen) atoms. The Morgan fingerprint density at radius 3 is 1.75 bits per heavy atom. The molecule has 1 saturated heterocycles. The number of nitrogens with zero attached hydrogens (tertiary/aromatic N) is 1. The van der Waals surface area contributed by atoms with Crippen LogP contribution in [-0.4, -0.2) is 31.7 Å². The molecule has 0 spiro atoms. The zero-order valence-corrected chi connectivity index (χ0v) is 9.14. The first-order valence-electron chi connectivity index (χ1n) is 5.39. The maximum absolute atomic E-state index is 2.38. The van der Waals surface area contributed by atoms with Crippen LogP contribution in [0.25, 0.3) is 0 Å². The SMILES string of the molecule is CCC1CC(CC)C[N+](C)(C)C1. The summed E-state index contributed by atoms with van der Waals surface area (Å²) in [6.45, 7) is 7.46. The van der Waals surface area contributed by atoms with Gasteiger partial charge in [0, 0.05) is 11.8 Å². The predicted octanol–water partition coefficient (Wildman–Crippen LogP) is 2.52. The van der Waals surface area contributed by atoms with E-state index in [9.17, 15) is 0 Å². The van der Waals surface area contributed by atoms with E-state index in [4.69, 9.17) is 0 Å². The Kier molecular flexibility index (Phi) is 3.16. The Labute approximate surface area is 77.4 Å². The number of hydrogen-bond donors (Lipinski definition) is 0. The summed E-state index contributed by atoms with van der Waals surface area (Å²) < 4.78 is 1.25. The summed E-state index contributed by atoms with van der Waals surface area (Å²) in [5.74, 6) is 1.97. The zero-order chi connectivity index (χ0) is 9.19. The molecule has 1 aliphatic heterocycles. The summed E-state index contributed by atoms with van der Waals surface area (Å²) in [6.07, 6.45) is 4.23. The van der Waals surface area contributed by atoms with Crippen LogP contribution in [0, 0.1) is 11.8 Å². The van der Waals surface area contributed by atoms with Crippen LogP contribution in [0.2, 0.25) is 0 Å². The molecule has 0 amide bonds. The molecule has 0 bridgehead atoms. The maximum atomic E-state index is 2.38. The largest absolute Gasteiger partial charge is 0.328 e. The second-order valence-electron chi connectivity index (χ2n) is 5.09. The van der Waals surface area contributed by atoms with Gasteiger partial charge in [0.1, 0.15) is 0 Å². The van der Waals surface area contributed by atoms with E-state index in [2.05, 4.69) is 27.9 Å². The van der Waals surface area contributed by atoms with E-state index >= 15 is 0 Å². The number of quaternary nitrogens is 1. The lowest BCUT2D eigenvalue weighted by Crippen LogP contribution is -2.50. The third-order valence-corrected chi connectivity index (χ3v) is 3.33. The summed E-state index contributed by atoms with van der Waals surface area (Å²) in [6, 6.07) is 0. The van der Waals surface area contributed by atoms with E-state index in [0.29, 0.717) is 0 Å². The van der Waals surface area contributed by atoms with Gasteiger partial charge in [-0.1, -0.05) is 13.8 Å². The highest BCUT2D eigenvalue weighted by atomic mass is 15.3. The Hall–Kier alpha value is -0.0400. The third kappa shape index (κ3) is 2.48. The number of piperidine rings is 1. The van der Waals surface area contributed by atoms with Gasteiger partial charge in [0.05, 0.1) is 27.2 Å². The van der Waals surface area contributed by atoms with Crippen LogP contribution in [0.5, 0.6) is 0 Å². The van der Waals surface area contributed by atoms with Crippen LogP contribution in [0.15, 0.2) is 0 Å². The highest BCUT2D eigenvalue weighted by molar-refractivity contribution is 4.69. The van der Waals surface area contributed by atoms with Crippen LogP contribution in [-0.2, 0) is 0 Å². The predicted molar refractivity (Wildman–Crippen MR) is 54.0 cm³/mol. The van der Waals surface area contributed by atoms with Crippen molar-refractivity contribution in [3.63, 3.8) is 0 Å². The molecule has 1 nitrogen and oxygen atoms in total. The number of hydrogen-bond acceptors (Lipinski definition) is 0. The van der Waals surface area contributed by atoms with Gasteiger partial charge < -0.3 is 4.48 Å². The lowest BCUT2D eigenvalue weighted by molar-refractivity contribution is -0.902. The topological polar surface area (TPSA) is 0 Å². The van der Waals surface area contributed by atoms with Crippen molar-refractivity contribution in [3.8, 4) is 0 Å². The summed E-state index contributed by atoms with van der Waals surface area (Å²) in [7, 11) is 4.76. The van der Waals surface area contributed by atoms with Gasteiger partial charge in [-0.15, -0.1) is 0 Å². The van der Waals surface area contributed by atoms with Crippen LogP contribution in [0.4, 0.5) is 0 Å². The van der Waals surface area contributed by atoms with Gasteiger partial charge in [-0.25, -0.2) is 0 Å². The Balaban J connectivity index is 2.53. The van der Waals surface area contributed by atoms with E-state index < -0.39 is 0 Å². The second-order valence-corrected chi connectivity index (χ2v) is 5.09. The normalized spacial score (nSPS) is 35.0. The molecule has 2 atom stereocenters. The molecule has 1 rings (SSSR count). The van der Waals surface area contributed by atoms with Gasteiger partial charge in [0.15, 0.2) is 0 Å². The summed E-state index contributed by atoms with van der Waals surface area (Å²) in [5.41, 5.74) is 0. The Bertz CT molecular complexity index is 126. The average Bonchev–Trinajstić information content (AvgIpc) is 2.01. The van der Waals surface area contributed by atoms with Gasteiger partial charge in [0.25, 0.3) is 0 Å². The standard InChI is InChI=1S/C11H24N/c1-5-10-7-11(6-2)9-12(3,4)8-10/h10-11H,5-9H2,1-4H3/q+1. The molecule has 1 heterocycles. The first kappa shape index (κ1) is 10.0. The second kappa shape index (κ2) is 3.78. The molecule has 1 fully saturated rings. The highest BCUT2D eigenvalue weighted by Gasteiger charge is 2.31. The number of rotatable bonds is 2. The van der Waals surface area contributed by atoms with Crippen LogP contribution < -0.4 is 0 Å². The third-order valence-electron chi connectivity index (χ3n) is 3.33. The summed E-state index contributed by atoms with van der Waals surface area (Å²) in [5, 5.41) is 0. The fraction of sp³-hybridized carbons (Fsp3) is 1.00. The van der Waals surface area contributed by atoms with Crippen molar-refractivity contribution in [2.24, 2.45) is 11.8 Å². The van der Waals surface area contributed by atoms with Crippen molar-refractivity contribution in [2.75, 3.05) is 27.2 Å². The molecule has 0 aromatic rings. The minimum Gasteiger partial charge on any atom is -0.328 e. The molecule has 0 aromatic heterocycles. The van der Waals surface area contributed by atoms with Crippen LogP contribution >= 0.6 is 0 Å². The van der Waals surface area contributed by atoms with Gasteiger partial charge in [0.2, 0.25) is 0 Å². The minimum atomic E-state index is 0.985. The molecule has 0 aliphatic carbocycles. The van der Waals surface area contributed by atoms with E-state index in [1.807, 2.05) is 0 Å². The van der Waals surface area contributed by atoms with Gasteiger partial charge in [-0.2, -0.15) is 0 Å². The molecule has 2 unspecified atom stereocenters. The minimum absolute atomic E-state index is 0.985. The van der Waals surface area contributed by atoms with Gasteiger partial charge >= 0.3 is 0 Å². The van der Waals surface area contributed by atoms with Crippen molar-refractivity contribution in [2.45, 2.75) is 33.1 Å². The van der Waals surface area contributed by atoms with E-state index in [1.165, 1.54) is 36.8 Å². The highest BCUT2D eigenvalue weighted by Crippen LogP contribution is 2.28. The van der Waals surface area contributed by atoms with E-state index in [1.54, 1.807) is 0 Å². The summed E-state index contributed by atoms with van der Waals surface area (Å²) >= 11 is 0. The Morgan fingerprint density at radius 2 is 1.42 bits per heavy atom. The summed E-state index contributed by atoms with van der Waals surface area (Å²) in [4.78, 5) is 0. The number of likely N-dealkylation sites (tertiary alicyclic amines) is 1. The van der Waals surface area contributed by atoms with Crippen molar-refractivity contribution in [1.29, 1.82) is 0 Å². The molecule has 0 saturated carbocycles. The molecular weight excluding hydrogens is 146 g/mol. The first-order valence-corrected chi connectivity index (χ1v) is 5.39. The molecule has 0 radical (unpaired) electrons. The molecule has 72 valence electrons. The quantitative estimate of drug-likeness (QED) is 0.559. The molecule has 0 aromatic carbocycles. The lowest BCUT2D eigenvalue weighted by Gasteiger charge is -2.41. The fourth-order valence-corrected chi connectivity index (χ4v) is 2.68. The molecular formula is C11H24N+. The van der Waals surface area contributed by atoms with Gasteiger partial charge in [-0.05, 0) is 19.3 Å². The Morgan fingerprint density at radius 1 is 1.00 bits per heavy atom.